The first-order valence-corrected chi connectivity index (χ1v) is 11.8. The average molecular weight is 488 g/mol. The summed E-state index contributed by atoms with van der Waals surface area (Å²) in [5.74, 6) is -2.86. The van der Waals surface area contributed by atoms with Crippen LogP contribution in [-0.2, 0) is 11.2 Å². The lowest BCUT2D eigenvalue weighted by atomic mass is 9.83. The molecule has 1 aromatic heterocycles. The lowest BCUT2D eigenvalue weighted by Crippen LogP contribution is -2.43. The molecule has 0 radical (unpaired) electrons. The minimum absolute atomic E-state index is 0.0439. The van der Waals surface area contributed by atoms with Crippen LogP contribution in [0.1, 0.15) is 54.0 Å². The molecule has 2 aromatic carbocycles. The molecule has 8 heteroatoms. The lowest BCUT2D eigenvalue weighted by molar-refractivity contribution is -0.0306. The number of pyridine rings is 1. The molecule has 186 valence electrons. The van der Waals surface area contributed by atoms with Gasteiger partial charge in [0.05, 0.1) is 18.4 Å². The predicted octanol–water partition coefficient (Wildman–Crippen LogP) is 5.17. The number of nitrogens with zero attached hydrogens (tertiary/aromatic N) is 1. The van der Waals surface area contributed by atoms with E-state index in [0.717, 1.165) is 18.8 Å². The number of rotatable bonds is 8. The van der Waals surface area contributed by atoms with Crippen molar-refractivity contribution in [3.8, 4) is 0 Å². The summed E-state index contributed by atoms with van der Waals surface area (Å²) < 4.78 is 62.4. The van der Waals surface area contributed by atoms with Gasteiger partial charge in [-0.25, -0.2) is 17.6 Å². The van der Waals surface area contributed by atoms with Crippen LogP contribution in [0.4, 0.5) is 17.6 Å². The molecule has 4 nitrogen and oxygen atoms in total. The Labute approximate surface area is 202 Å². The number of hydrogen-bond acceptors (Lipinski definition) is 4. The van der Waals surface area contributed by atoms with E-state index in [2.05, 4.69) is 10.3 Å². The summed E-state index contributed by atoms with van der Waals surface area (Å²) in [4.78, 5) is 4.00. The number of hydrogen-bond donors (Lipinski definition) is 2. The molecule has 4 atom stereocenters. The van der Waals surface area contributed by atoms with Gasteiger partial charge in [0.25, 0.3) is 0 Å². The van der Waals surface area contributed by atoms with Crippen molar-refractivity contribution in [2.45, 2.75) is 50.4 Å². The fraction of sp³-hybridized carbons (Fsp3) is 0.370. The third kappa shape index (κ3) is 6.45. The fourth-order valence-corrected chi connectivity index (χ4v) is 4.72. The molecular weight excluding hydrogens is 458 g/mol. The number of halogens is 4. The van der Waals surface area contributed by atoms with Crippen LogP contribution in [0.2, 0.25) is 0 Å². The first kappa shape index (κ1) is 25.3. The Bertz CT molecular complexity index is 1120. The van der Waals surface area contributed by atoms with E-state index >= 15 is 0 Å². The summed E-state index contributed by atoms with van der Waals surface area (Å²) in [5.41, 5.74) is 8.57. The average Bonchev–Trinajstić information content (AvgIpc) is 2.81. The van der Waals surface area contributed by atoms with Crippen molar-refractivity contribution in [1.82, 2.24) is 10.3 Å². The largest absolute Gasteiger partial charge is 0.373 e. The number of benzene rings is 2. The summed E-state index contributed by atoms with van der Waals surface area (Å²) in [5, 5.41) is 3.30. The van der Waals surface area contributed by atoms with Crippen LogP contribution < -0.4 is 11.1 Å². The van der Waals surface area contributed by atoms with Gasteiger partial charge in [0.15, 0.2) is 0 Å². The minimum atomic E-state index is -0.718. The quantitative estimate of drug-likeness (QED) is 0.431. The Morgan fingerprint density at radius 3 is 2.37 bits per heavy atom. The predicted molar refractivity (Wildman–Crippen MR) is 126 cm³/mol. The van der Waals surface area contributed by atoms with Gasteiger partial charge < -0.3 is 15.8 Å². The Kier molecular flexibility index (Phi) is 8.15. The zero-order chi connectivity index (χ0) is 24.9. The van der Waals surface area contributed by atoms with Crippen molar-refractivity contribution in [2.75, 3.05) is 13.1 Å². The lowest BCUT2D eigenvalue weighted by Gasteiger charge is -2.29. The second kappa shape index (κ2) is 11.3. The molecule has 1 aliphatic heterocycles. The van der Waals surface area contributed by atoms with Crippen LogP contribution in [0.3, 0.4) is 0 Å². The van der Waals surface area contributed by atoms with Crippen molar-refractivity contribution in [3.63, 3.8) is 0 Å². The van der Waals surface area contributed by atoms with Gasteiger partial charge in [-0.15, -0.1) is 0 Å². The Morgan fingerprint density at radius 2 is 1.69 bits per heavy atom. The van der Waals surface area contributed by atoms with Gasteiger partial charge in [0.2, 0.25) is 0 Å². The van der Waals surface area contributed by atoms with E-state index in [1.54, 1.807) is 18.3 Å². The fourth-order valence-electron chi connectivity index (χ4n) is 4.72. The van der Waals surface area contributed by atoms with Gasteiger partial charge in [-0.2, -0.15) is 0 Å². The number of nitrogens with one attached hydrogen (secondary N) is 1. The molecule has 35 heavy (non-hydrogen) atoms. The van der Waals surface area contributed by atoms with E-state index in [0.29, 0.717) is 41.6 Å². The van der Waals surface area contributed by atoms with Crippen LogP contribution in [0.5, 0.6) is 0 Å². The third-order valence-corrected chi connectivity index (χ3v) is 6.43. The van der Waals surface area contributed by atoms with Crippen molar-refractivity contribution < 1.29 is 22.3 Å². The van der Waals surface area contributed by atoms with Crippen molar-refractivity contribution in [2.24, 2.45) is 5.73 Å². The Morgan fingerprint density at radius 1 is 0.971 bits per heavy atom. The van der Waals surface area contributed by atoms with E-state index < -0.39 is 35.2 Å². The second-order valence-electron chi connectivity index (χ2n) is 9.10. The molecule has 4 rings (SSSR count). The highest BCUT2D eigenvalue weighted by Crippen LogP contribution is 2.35. The summed E-state index contributed by atoms with van der Waals surface area (Å²) in [6, 6.07) is 8.30. The third-order valence-electron chi connectivity index (χ3n) is 6.43. The molecule has 0 bridgehead atoms. The van der Waals surface area contributed by atoms with Gasteiger partial charge in [-0.3, -0.25) is 4.98 Å². The number of aromatic nitrogens is 1. The molecule has 1 fully saturated rings. The van der Waals surface area contributed by atoms with Crippen molar-refractivity contribution in [3.05, 3.63) is 100 Å². The maximum atomic E-state index is 14.9. The van der Waals surface area contributed by atoms with Gasteiger partial charge in [-0.05, 0) is 72.7 Å². The van der Waals surface area contributed by atoms with Crippen LogP contribution in [0, 0.1) is 23.3 Å². The normalized spacial score (nSPS) is 19.9. The number of nitrogens with two attached hydrogens (primary N) is 1. The highest BCUT2D eigenvalue weighted by Gasteiger charge is 2.25. The van der Waals surface area contributed by atoms with Crippen LogP contribution >= 0.6 is 0 Å². The summed E-state index contributed by atoms with van der Waals surface area (Å²) >= 11 is 0. The molecule has 3 aromatic rings. The topological polar surface area (TPSA) is 60.2 Å². The maximum Gasteiger partial charge on any atom is 0.144 e. The summed E-state index contributed by atoms with van der Waals surface area (Å²) in [7, 11) is 0. The first-order chi connectivity index (χ1) is 16.8. The van der Waals surface area contributed by atoms with Gasteiger partial charge in [0, 0.05) is 37.3 Å². The van der Waals surface area contributed by atoms with Gasteiger partial charge in [-0.1, -0.05) is 12.1 Å². The molecule has 2 heterocycles. The highest BCUT2D eigenvalue weighted by molar-refractivity contribution is 5.36. The first-order valence-electron chi connectivity index (χ1n) is 11.8. The van der Waals surface area contributed by atoms with Gasteiger partial charge >= 0.3 is 0 Å². The molecular formula is C27H29F4N3O. The Hall–Kier alpha value is -2.81. The van der Waals surface area contributed by atoms with E-state index in [1.807, 2.05) is 6.92 Å². The van der Waals surface area contributed by atoms with Gasteiger partial charge in [0.1, 0.15) is 23.3 Å². The second-order valence-corrected chi connectivity index (χ2v) is 9.10. The molecule has 1 aliphatic rings. The Balaban J connectivity index is 1.60. The molecule has 0 saturated carbocycles. The zero-order valence-electron chi connectivity index (χ0n) is 19.5. The summed E-state index contributed by atoms with van der Waals surface area (Å²) in [6.07, 6.45) is 3.97. The van der Waals surface area contributed by atoms with Crippen LogP contribution in [0.15, 0.2) is 54.9 Å². The number of morpholine rings is 1. The molecule has 3 N–H and O–H groups in total. The standard InChI is InChI=1S/C27H29F4N3O/c1-16-12-33-13-22(35-16)6-7-23-25(14-34-15-26(23)31)27(32)11-24(17-2-4-19(28)5-3-17)18-8-20(29)10-21(30)9-18/h2-5,8-10,14-16,22,24,27,33H,6-7,11-13,32H2,1H3/t16-,22+,24-,27?/m0/s1. The highest BCUT2D eigenvalue weighted by atomic mass is 19.1. The summed E-state index contributed by atoms with van der Waals surface area (Å²) in [6.45, 7) is 3.45. The van der Waals surface area contributed by atoms with E-state index in [-0.39, 0.29) is 18.6 Å². The number of ether oxygens (including phenoxy) is 1. The molecule has 1 saturated heterocycles. The van der Waals surface area contributed by atoms with Crippen LogP contribution in [-0.4, -0.2) is 30.3 Å². The smallest absolute Gasteiger partial charge is 0.144 e. The van der Waals surface area contributed by atoms with E-state index in [4.69, 9.17) is 10.5 Å². The van der Waals surface area contributed by atoms with E-state index in [1.165, 1.54) is 24.3 Å². The minimum Gasteiger partial charge on any atom is -0.373 e. The van der Waals surface area contributed by atoms with Crippen molar-refractivity contribution >= 4 is 0 Å². The molecule has 0 aliphatic carbocycles. The molecule has 0 spiro atoms. The zero-order valence-corrected chi connectivity index (χ0v) is 19.5. The van der Waals surface area contributed by atoms with Crippen molar-refractivity contribution in [1.29, 1.82) is 0 Å². The molecule has 1 unspecified atom stereocenters. The van der Waals surface area contributed by atoms with E-state index in [9.17, 15) is 17.6 Å². The molecule has 0 amide bonds. The monoisotopic (exact) mass is 487 g/mol. The van der Waals surface area contributed by atoms with Crippen LogP contribution in [0.25, 0.3) is 0 Å². The SMILES string of the molecule is C[C@H]1CNC[C@@H](CCc2c(F)cncc2C(N)C[C@@H](c2ccc(F)cc2)c2cc(F)cc(F)c2)O1. The maximum absolute atomic E-state index is 14.9.